The number of likely N-dealkylation sites (tertiary alicyclic amines) is 1. The summed E-state index contributed by atoms with van der Waals surface area (Å²) in [5.41, 5.74) is 1.30. The van der Waals surface area contributed by atoms with Crippen molar-refractivity contribution in [3.63, 3.8) is 0 Å². The van der Waals surface area contributed by atoms with Gasteiger partial charge in [-0.1, -0.05) is 37.3 Å². The van der Waals surface area contributed by atoms with E-state index in [-0.39, 0.29) is 11.3 Å². The number of nitrogens with one attached hydrogen (secondary N) is 1. The predicted octanol–water partition coefficient (Wildman–Crippen LogP) is 3.46. The minimum atomic E-state index is -0.499. The molecule has 1 aromatic carbocycles. The van der Waals surface area contributed by atoms with Crippen LogP contribution in [0, 0.1) is 6.92 Å². The molecule has 1 amide bonds. The molecule has 3 heterocycles. The van der Waals surface area contributed by atoms with Gasteiger partial charge < -0.3 is 15.0 Å². The van der Waals surface area contributed by atoms with Gasteiger partial charge in [0.1, 0.15) is 11.6 Å². The van der Waals surface area contributed by atoms with Crippen LogP contribution in [0.5, 0.6) is 0 Å². The van der Waals surface area contributed by atoms with Crippen molar-refractivity contribution in [3.05, 3.63) is 53.5 Å². The number of rotatable bonds is 4. The molecule has 160 valence electrons. The molecule has 2 fully saturated rings. The van der Waals surface area contributed by atoms with Crippen molar-refractivity contribution < 1.29 is 9.53 Å². The van der Waals surface area contributed by atoms with Crippen LogP contribution in [0.2, 0.25) is 0 Å². The molecule has 2 saturated heterocycles. The standard InChI is InChI=1S/C24H32N4O2/c1-18-16-20(25-3)27-21(26-18)23(2)10-7-13-28(17-23)22(29)24(11-14-30-15-12-24)19-8-5-4-6-9-19/h4-6,8-9,16H,7,10-15,17H2,1-3H3,(H,25,26,27). The van der Waals surface area contributed by atoms with Gasteiger partial charge in [0.2, 0.25) is 5.91 Å². The van der Waals surface area contributed by atoms with E-state index in [4.69, 9.17) is 14.7 Å². The average molecular weight is 409 g/mol. The second kappa shape index (κ2) is 8.34. The number of nitrogens with zero attached hydrogens (tertiary/aromatic N) is 3. The number of carbonyl (C=O) groups excluding carboxylic acids is 1. The molecule has 6 nitrogen and oxygen atoms in total. The maximum Gasteiger partial charge on any atom is 0.233 e. The fraction of sp³-hybridized carbons (Fsp3) is 0.542. The molecule has 1 unspecified atom stereocenters. The summed E-state index contributed by atoms with van der Waals surface area (Å²) in [6.45, 7) is 6.87. The number of piperidine rings is 1. The van der Waals surface area contributed by atoms with Crippen LogP contribution in [0.4, 0.5) is 5.82 Å². The number of aromatic nitrogens is 2. The zero-order valence-corrected chi connectivity index (χ0v) is 18.3. The first-order valence-electron chi connectivity index (χ1n) is 10.9. The first-order chi connectivity index (χ1) is 14.5. The van der Waals surface area contributed by atoms with Crippen LogP contribution in [0.3, 0.4) is 0 Å². The monoisotopic (exact) mass is 408 g/mol. The Morgan fingerprint density at radius 3 is 2.57 bits per heavy atom. The number of hydrogen-bond donors (Lipinski definition) is 1. The number of amides is 1. The summed E-state index contributed by atoms with van der Waals surface area (Å²) >= 11 is 0. The fourth-order valence-electron chi connectivity index (χ4n) is 4.97. The maximum atomic E-state index is 14.0. The van der Waals surface area contributed by atoms with E-state index >= 15 is 0 Å². The molecule has 0 saturated carbocycles. The van der Waals surface area contributed by atoms with Gasteiger partial charge in [-0.05, 0) is 38.2 Å². The van der Waals surface area contributed by atoms with Crippen molar-refractivity contribution in [2.24, 2.45) is 0 Å². The molecule has 0 spiro atoms. The van der Waals surface area contributed by atoms with Crippen LogP contribution in [0.15, 0.2) is 36.4 Å². The Morgan fingerprint density at radius 2 is 1.87 bits per heavy atom. The summed E-state index contributed by atoms with van der Waals surface area (Å²) in [6.07, 6.45) is 3.39. The van der Waals surface area contributed by atoms with Crippen LogP contribution in [0.25, 0.3) is 0 Å². The summed E-state index contributed by atoms with van der Waals surface area (Å²) in [6, 6.07) is 12.2. The molecule has 30 heavy (non-hydrogen) atoms. The van der Waals surface area contributed by atoms with Crippen molar-refractivity contribution in [3.8, 4) is 0 Å². The number of carbonyl (C=O) groups is 1. The molecular weight excluding hydrogens is 376 g/mol. The van der Waals surface area contributed by atoms with Crippen molar-refractivity contribution in [1.82, 2.24) is 14.9 Å². The summed E-state index contributed by atoms with van der Waals surface area (Å²) in [7, 11) is 1.87. The van der Waals surface area contributed by atoms with Crippen molar-refractivity contribution in [1.29, 1.82) is 0 Å². The minimum absolute atomic E-state index is 0.226. The quantitative estimate of drug-likeness (QED) is 0.839. The molecule has 2 aromatic rings. The molecular formula is C24H32N4O2. The number of aryl methyl sites for hydroxylation is 1. The van der Waals surface area contributed by atoms with Gasteiger partial charge >= 0.3 is 0 Å². The third kappa shape index (κ3) is 3.81. The van der Waals surface area contributed by atoms with Gasteiger partial charge in [-0.15, -0.1) is 0 Å². The van der Waals surface area contributed by atoms with E-state index in [0.29, 0.717) is 19.8 Å². The summed E-state index contributed by atoms with van der Waals surface area (Å²) in [5.74, 6) is 1.88. The minimum Gasteiger partial charge on any atom is -0.381 e. The highest BCUT2D eigenvalue weighted by Gasteiger charge is 2.47. The van der Waals surface area contributed by atoms with Gasteiger partial charge in [0.05, 0.1) is 5.41 Å². The SMILES string of the molecule is CNc1cc(C)nc(C2(C)CCCN(C(=O)C3(c4ccccc4)CCOCC3)C2)n1. The van der Waals surface area contributed by atoms with Gasteiger partial charge in [0.15, 0.2) is 0 Å². The normalized spacial score (nSPS) is 23.8. The molecule has 1 N–H and O–H groups in total. The fourth-order valence-corrected chi connectivity index (χ4v) is 4.97. The summed E-state index contributed by atoms with van der Waals surface area (Å²) < 4.78 is 5.64. The number of ether oxygens (including phenoxy) is 1. The Balaban J connectivity index is 1.65. The summed E-state index contributed by atoms with van der Waals surface area (Å²) in [4.78, 5) is 25.6. The second-order valence-electron chi connectivity index (χ2n) is 8.92. The van der Waals surface area contributed by atoms with E-state index in [2.05, 4.69) is 29.3 Å². The molecule has 0 bridgehead atoms. The third-order valence-electron chi connectivity index (χ3n) is 6.72. The lowest BCUT2D eigenvalue weighted by Gasteiger charge is -2.45. The Morgan fingerprint density at radius 1 is 1.13 bits per heavy atom. The molecule has 1 atom stereocenters. The lowest BCUT2D eigenvalue weighted by atomic mass is 9.71. The lowest BCUT2D eigenvalue weighted by molar-refractivity contribution is -0.143. The number of hydrogen-bond acceptors (Lipinski definition) is 5. The molecule has 1 aromatic heterocycles. The zero-order valence-electron chi connectivity index (χ0n) is 18.3. The Labute approximate surface area is 179 Å². The van der Waals surface area contributed by atoms with E-state index in [0.717, 1.165) is 55.1 Å². The van der Waals surface area contributed by atoms with E-state index in [9.17, 15) is 4.79 Å². The molecule has 6 heteroatoms. The van der Waals surface area contributed by atoms with E-state index in [1.807, 2.05) is 38.2 Å². The van der Waals surface area contributed by atoms with E-state index in [1.54, 1.807) is 0 Å². The van der Waals surface area contributed by atoms with Gasteiger partial charge in [-0.3, -0.25) is 4.79 Å². The van der Waals surface area contributed by atoms with Crippen LogP contribution in [0.1, 0.15) is 49.7 Å². The van der Waals surface area contributed by atoms with Crippen LogP contribution >= 0.6 is 0 Å². The lowest BCUT2D eigenvalue weighted by Crippen LogP contribution is -2.55. The van der Waals surface area contributed by atoms with Gasteiger partial charge in [0, 0.05) is 50.5 Å². The molecule has 2 aliphatic rings. The highest BCUT2D eigenvalue weighted by Crippen LogP contribution is 2.40. The van der Waals surface area contributed by atoms with Crippen molar-refractivity contribution in [2.75, 3.05) is 38.7 Å². The van der Waals surface area contributed by atoms with E-state index in [1.165, 1.54) is 0 Å². The molecule has 0 aliphatic carbocycles. The Kier molecular flexibility index (Phi) is 5.78. The first-order valence-corrected chi connectivity index (χ1v) is 10.9. The first kappa shape index (κ1) is 20.8. The predicted molar refractivity (Wildman–Crippen MR) is 118 cm³/mol. The average Bonchev–Trinajstić information content (AvgIpc) is 2.79. The van der Waals surface area contributed by atoms with Gasteiger partial charge in [0.25, 0.3) is 0 Å². The maximum absolute atomic E-state index is 14.0. The molecule has 4 rings (SSSR count). The van der Waals surface area contributed by atoms with Crippen molar-refractivity contribution in [2.45, 2.75) is 50.4 Å². The number of benzene rings is 1. The van der Waals surface area contributed by atoms with Gasteiger partial charge in [-0.25, -0.2) is 9.97 Å². The van der Waals surface area contributed by atoms with Crippen LogP contribution < -0.4 is 5.32 Å². The Bertz CT molecular complexity index is 895. The molecule has 2 aliphatic heterocycles. The highest BCUT2D eigenvalue weighted by atomic mass is 16.5. The van der Waals surface area contributed by atoms with Crippen LogP contribution in [-0.2, 0) is 20.4 Å². The van der Waals surface area contributed by atoms with Gasteiger partial charge in [-0.2, -0.15) is 0 Å². The molecule has 0 radical (unpaired) electrons. The largest absolute Gasteiger partial charge is 0.381 e. The van der Waals surface area contributed by atoms with Crippen molar-refractivity contribution >= 4 is 11.7 Å². The third-order valence-corrected chi connectivity index (χ3v) is 6.72. The van der Waals surface area contributed by atoms with E-state index < -0.39 is 5.41 Å². The smallest absolute Gasteiger partial charge is 0.233 e. The second-order valence-corrected chi connectivity index (χ2v) is 8.92. The Hall–Kier alpha value is -2.47. The number of anilines is 1. The van der Waals surface area contributed by atoms with Crippen LogP contribution in [-0.4, -0.2) is 54.1 Å². The topological polar surface area (TPSA) is 67.4 Å². The summed E-state index contributed by atoms with van der Waals surface area (Å²) in [5, 5.41) is 3.13. The highest BCUT2D eigenvalue weighted by molar-refractivity contribution is 5.88. The zero-order chi connectivity index (χ0) is 21.2.